The summed E-state index contributed by atoms with van der Waals surface area (Å²) < 4.78 is 5.33. The molecule has 2 fully saturated rings. The van der Waals surface area contributed by atoms with E-state index in [-0.39, 0.29) is 13.4 Å². The third kappa shape index (κ3) is 8.68. The van der Waals surface area contributed by atoms with Crippen molar-refractivity contribution in [2.45, 2.75) is 83.1 Å². The Morgan fingerprint density at radius 1 is 1.00 bits per heavy atom. The number of hydrogen-bond acceptors (Lipinski definition) is 4. The summed E-state index contributed by atoms with van der Waals surface area (Å²) in [6.45, 7) is 4.83. The van der Waals surface area contributed by atoms with Crippen molar-refractivity contribution >= 4 is 12.0 Å². The summed E-state index contributed by atoms with van der Waals surface area (Å²) in [6.07, 6.45) is 19.5. The van der Waals surface area contributed by atoms with Gasteiger partial charge in [-0.1, -0.05) is 50.3 Å². The number of rotatable bonds is 10. The van der Waals surface area contributed by atoms with Crippen molar-refractivity contribution in [1.29, 1.82) is 0 Å². The van der Waals surface area contributed by atoms with Crippen LogP contribution in [-0.4, -0.2) is 67.2 Å². The lowest BCUT2D eigenvalue weighted by molar-refractivity contribution is -0.142. The van der Waals surface area contributed by atoms with Gasteiger partial charge in [-0.25, -0.2) is 4.79 Å². The highest BCUT2D eigenvalue weighted by Gasteiger charge is 2.26. The molecule has 6 nitrogen and oxygen atoms in total. The molecule has 3 aliphatic rings. The second-order valence-corrected chi connectivity index (χ2v) is 9.13. The number of esters is 1. The van der Waals surface area contributed by atoms with Gasteiger partial charge in [0.2, 0.25) is 0 Å². The minimum Gasteiger partial charge on any atom is -0.461 e. The molecule has 0 aromatic rings. The van der Waals surface area contributed by atoms with Gasteiger partial charge in [0.1, 0.15) is 6.61 Å². The molecule has 6 heteroatoms. The molecule has 0 aromatic heterocycles. The van der Waals surface area contributed by atoms with E-state index in [1.165, 1.54) is 32.1 Å². The standard InChI is InChI=1S/C25H41N3O3.H2/c29-24(31-21-22-11-5-3-6-12-22)15-9-1-2-10-16-26-25(30)28-19-17-27(18-20-28)23-13-7-4-8-14-23;/h5,11-12,23H,1-4,6-10,13-21H2,(H,26,30);1H. The number of urea groups is 1. The molecule has 0 unspecified atom stereocenters. The Balaban J connectivity index is 0.00000363. The number of nitrogens with one attached hydrogen (secondary N) is 1. The minimum absolute atomic E-state index is 0. The molecule has 1 heterocycles. The summed E-state index contributed by atoms with van der Waals surface area (Å²) in [6, 6.07) is 0.829. The Morgan fingerprint density at radius 3 is 2.52 bits per heavy atom. The van der Waals surface area contributed by atoms with Crippen molar-refractivity contribution in [2.75, 3.05) is 39.3 Å². The zero-order valence-electron chi connectivity index (χ0n) is 19.2. The average molecular weight is 434 g/mol. The van der Waals surface area contributed by atoms with Crippen molar-refractivity contribution in [3.63, 3.8) is 0 Å². The largest absolute Gasteiger partial charge is 0.461 e. The number of carbonyl (C=O) groups is 2. The van der Waals surface area contributed by atoms with E-state index in [1.54, 1.807) is 0 Å². The molecule has 1 saturated carbocycles. The summed E-state index contributed by atoms with van der Waals surface area (Å²) in [5.41, 5.74) is 1.10. The van der Waals surface area contributed by atoms with Crippen LogP contribution in [0.1, 0.15) is 78.5 Å². The van der Waals surface area contributed by atoms with E-state index in [0.29, 0.717) is 19.6 Å². The van der Waals surface area contributed by atoms with Crippen LogP contribution in [-0.2, 0) is 9.53 Å². The summed E-state index contributed by atoms with van der Waals surface area (Å²) in [4.78, 5) is 28.8. The lowest BCUT2D eigenvalue weighted by atomic mass is 9.94. The van der Waals surface area contributed by atoms with Gasteiger partial charge in [0.15, 0.2) is 0 Å². The van der Waals surface area contributed by atoms with Gasteiger partial charge in [0.05, 0.1) is 0 Å². The zero-order chi connectivity index (χ0) is 21.7. The Hall–Kier alpha value is -1.82. The van der Waals surface area contributed by atoms with E-state index in [2.05, 4.69) is 22.4 Å². The van der Waals surface area contributed by atoms with Crippen LogP contribution < -0.4 is 5.32 Å². The van der Waals surface area contributed by atoms with Gasteiger partial charge < -0.3 is 15.0 Å². The monoisotopic (exact) mass is 433 g/mol. The summed E-state index contributed by atoms with van der Waals surface area (Å²) in [5, 5.41) is 3.07. The highest BCUT2D eigenvalue weighted by Crippen LogP contribution is 2.23. The first-order chi connectivity index (χ1) is 15.2. The predicted molar refractivity (Wildman–Crippen MR) is 126 cm³/mol. The van der Waals surface area contributed by atoms with Gasteiger partial charge in [-0.05, 0) is 44.1 Å². The fraction of sp³-hybridized carbons (Fsp3) is 0.760. The first kappa shape index (κ1) is 23.8. The minimum atomic E-state index is -0.111. The lowest BCUT2D eigenvalue weighted by Crippen LogP contribution is -2.54. The Labute approximate surface area is 189 Å². The van der Waals surface area contributed by atoms with Crippen molar-refractivity contribution in [3.05, 3.63) is 23.8 Å². The molecule has 3 rings (SSSR count). The Morgan fingerprint density at radius 2 is 1.77 bits per heavy atom. The van der Waals surface area contributed by atoms with Gasteiger partial charge in [-0.15, -0.1) is 0 Å². The second kappa shape index (κ2) is 13.6. The molecular weight excluding hydrogens is 390 g/mol. The molecule has 0 atom stereocenters. The third-order valence-electron chi connectivity index (χ3n) is 6.75. The van der Waals surface area contributed by atoms with E-state index in [4.69, 9.17) is 4.74 Å². The van der Waals surface area contributed by atoms with Crippen molar-refractivity contribution in [3.8, 4) is 0 Å². The highest BCUT2D eigenvalue weighted by atomic mass is 16.5. The first-order valence-corrected chi connectivity index (χ1v) is 12.5. The zero-order valence-corrected chi connectivity index (χ0v) is 19.2. The maximum Gasteiger partial charge on any atom is 0.317 e. The number of piperazine rings is 1. The smallest absolute Gasteiger partial charge is 0.317 e. The van der Waals surface area contributed by atoms with E-state index in [0.717, 1.165) is 76.3 Å². The van der Waals surface area contributed by atoms with Crippen LogP contribution in [0.25, 0.3) is 0 Å². The fourth-order valence-electron chi connectivity index (χ4n) is 4.80. The van der Waals surface area contributed by atoms with Gasteiger partial charge in [-0.3, -0.25) is 9.69 Å². The van der Waals surface area contributed by atoms with Crippen LogP contribution in [0.5, 0.6) is 0 Å². The predicted octanol–water partition coefficient (Wildman–Crippen LogP) is 4.66. The maximum atomic E-state index is 12.4. The number of unbranched alkanes of at least 4 members (excludes halogenated alkanes) is 3. The van der Waals surface area contributed by atoms with Crippen molar-refractivity contribution < 1.29 is 15.8 Å². The number of nitrogens with zero attached hydrogens (tertiary/aromatic N) is 2. The van der Waals surface area contributed by atoms with Crippen LogP contribution >= 0.6 is 0 Å². The number of amides is 2. The molecule has 0 aromatic carbocycles. The topological polar surface area (TPSA) is 61.9 Å². The lowest BCUT2D eigenvalue weighted by Gasteiger charge is -2.40. The molecule has 1 N–H and O–H groups in total. The number of carbonyl (C=O) groups excluding carboxylic acids is 2. The first-order valence-electron chi connectivity index (χ1n) is 12.5. The summed E-state index contributed by atoms with van der Waals surface area (Å²) in [7, 11) is 0. The molecular formula is C25H43N3O3. The van der Waals surface area contributed by atoms with E-state index >= 15 is 0 Å². The van der Waals surface area contributed by atoms with Crippen molar-refractivity contribution in [1.82, 2.24) is 15.1 Å². The molecule has 2 aliphatic carbocycles. The molecule has 0 bridgehead atoms. The van der Waals surface area contributed by atoms with Gasteiger partial charge in [0, 0.05) is 46.6 Å². The van der Waals surface area contributed by atoms with Crippen LogP contribution in [0.2, 0.25) is 0 Å². The molecule has 0 spiro atoms. The Kier molecular flexibility index (Phi) is 10.4. The number of hydrogen-bond donors (Lipinski definition) is 1. The van der Waals surface area contributed by atoms with Crippen LogP contribution in [0.4, 0.5) is 4.79 Å². The van der Waals surface area contributed by atoms with E-state index in [1.807, 2.05) is 11.0 Å². The van der Waals surface area contributed by atoms with Crippen LogP contribution in [0.15, 0.2) is 23.8 Å². The maximum absolute atomic E-state index is 12.4. The van der Waals surface area contributed by atoms with Crippen molar-refractivity contribution in [2.24, 2.45) is 0 Å². The second-order valence-electron chi connectivity index (χ2n) is 9.13. The molecule has 2 amide bonds. The Bertz CT molecular complexity index is 624. The van der Waals surface area contributed by atoms with Gasteiger partial charge >= 0.3 is 12.0 Å². The van der Waals surface area contributed by atoms with Crippen LogP contribution in [0.3, 0.4) is 0 Å². The molecule has 1 aliphatic heterocycles. The molecule has 1 saturated heterocycles. The van der Waals surface area contributed by atoms with E-state index < -0.39 is 0 Å². The highest BCUT2D eigenvalue weighted by molar-refractivity contribution is 5.74. The quantitative estimate of drug-likeness (QED) is 0.402. The normalized spacial score (nSPS) is 20.4. The summed E-state index contributed by atoms with van der Waals surface area (Å²) in [5.74, 6) is -0.111. The SMILES string of the molecule is O=C(CCCCCCNC(=O)N1CCN(C2CCCCC2)CC1)OCC1=CCCC=C1.[HH]. The van der Waals surface area contributed by atoms with Gasteiger partial charge in [0.25, 0.3) is 0 Å². The number of ether oxygens (including phenoxy) is 1. The molecule has 0 radical (unpaired) electrons. The van der Waals surface area contributed by atoms with E-state index in [9.17, 15) is 9.59 Å². The fourth-order valence-corrected chi connectivity index (χ4v) is 4.80. The summed E-state index contributed by atoms with van der Waals surface area (Å²) >= 11 is 0. The molecule has 31 heavy (non-hydrogen) atoms. The molecule has 176 valence electrons. The number of allylic oxidation sites excluding steroid dienone is 2. The van der Waals surface area contributed by atoms with Gasteiger partial charge in [-0.2, -0.15) is 0 Å². The third-order valence-corrected chi connectivity index (χ3v) is 6.75. The average Bonchev–Trinajstić information content (AvgIpc) is 2.83. The van der Waals surface area contributed by atoms with Crippen LogP contribution in [0, 0.1) is 0 Å².